The van der Waals surface area contributed by atoms with Crippen LogP contribution in [0.25, 0.3) is 0 Å². The highest BCUT2D eigenvalue weighted by Crippen LogP contribution is 2.31. The van der Waals surface area contributed by atoms with Crippen LogP contribution in [0.15, 0.2) is 112 Å². The minimum atomic E-state index is -4.63. The molecule has 0 aromatic heterocycles. The minimum Gasteiger partial charge on any atom is -0.322 e. The largest absolute Gasteiger partial charge is 0.416 e. The van der Waals surface area contributed by atoms with E-state index in [1.165, 1.54) is 70.7 Å². The predicted molar refractivity (Wildman–Crippen MR) is 162 cm³/mol. The molecular weight excluding hydrogens is 624 g/mol. The fraction of sp³-hybridized carbons (Fsp3) is 0.138. The maximum absolute atomic E-state index is 13.2. The lowest BCUT2D eigenvalue weighted by Gasteiger charge is -2.23. The molecule has 0 unspecified atom stereocenters. The van der Waals surface area contributed by atoms with E-state index in [-0.39, 0.29) is 33.3 Å². The first-order valence-electron chi connectivity index (χ1n) is 12.6. The molecule has 226 valence electrons. The number of hydrogen-bond donors (Lipinski definition) is 2. The van der Waals surface area contributed by atoms with Crippen molar-refractivity contribution in [2.75, 3.05) is 27.1 Å². The van der Waals surface area contributed by atoms with Gasteiger partial charge in [-0.1, -0.05) is 6.07 Å². The molecule has 4 rings (SSSR count). The first kappa shape index (κ1) is 31.9. The van der Waals surface area contributed by atoms with E-state index in [0.29, 0.717) is 11.8 Å². The second-order valence-electron chi connectivity index (χ2n) is 9.05. The summed E-state index contributed by atoms with van der Waals surface area (Å²) in [7, 11) is -8.05. The summed E-state index contributed by atoms with van der Waals surface area (Å²) >= 11 is 1.50. The third kappa shape index (κ3) is 7.50. The number of anilines is 3. The summed E-state index contributed by atoms with van der Waals surface area (Å²) in [6.45, 7) is 1.86. The van der Waals surface area contributed by atoms with E-state index in [1.54, 1.807) is 31.2 Å². The molecule has 4 aromatic carbocycles. The Kier molecular flexibility index (Phi) is 9.42. The lowest BCUT2D eigenvalue weighted by atomic mass is 10.2. The number of thioether (sulfide) groups is 1. The molecule has 0 aliphatic heterocycles. The number of rotatable bonds is 10. The van der Waals surface area contributed by atoms with E-state index >= 15 is 0 Å². The topological polar surface area (TPSA) is 113 Å². The molecule has 0 radical (unpaired) electrons. The van der Waals surface area contributed by atoms with Crippen molar-refractivity contribution in [1.29, 1.82) is 0 Å². The molecule has 43 heavy (non-hydrogen) atoms. The fourth-order valence-electron chi connectivity index (χ4n) is 4.04. The second-order valence-corrected chi connectivity index (χ2v) is 13.5. The maximum Gasteiger partial charge on any atom is 0.416 e. The van der Waals surface area contributed by atoms with Gasteiger partial charge in [-0.3, -0.25) is 13.8 Å². The SMILES string of the molecule is CCN(c1ccc(C(=O)Nc2ccc(S(=O)(=O)Nc3cccc(C(F)(F)F)c3)cc2)cc1)S(=O)(=O)c1ccc(SC)cc1. The first-order valence-corrected chi connectivity index (χ1v) is 16.8. The summed E-state index contributed by atoms with van der Waals surface area (Å²) in [5, 5.41) is 2.63. The van der Waals surface area contributed by atoms with Gasteiger partial charge in [-0.15, -0.1) is 11.8 Å². The zero-order valence-electron chi connectivity index (χ0n) is 22.8. The number of hydrogen-bond acceptors (Lipinski definition) is 6. The van der Waals surface area contributed by atoms with E-state index in [2.05, 4.69) is 10.0 Å². The standard InChI is InChI=1S/C29H26F3N3O5S3/c1-3-35(43(39,40)27-17-13-25(41-2)14-18-27)24-11-7-20(8-12-24)28(36)33-22-9-15-26(16-10-22)42(37,38)34-23-6-4-5-21(19-23)29(30,31)32/h4-19,34H,3H2,1-2H3,(H,33,36). The van der Waals surface area contributed by atoms with Crippen molar-refractivity contribution in [1.82, 2.24) is 0 Å². The van der Waals surface area contributed by atoms with Crippen molar-refractivity contribution in [3.63, 3.8) is 0 Å². The third-order valence-corrected chi connectivity index (χ3v) is 10.3. The Balaban J connectivity index is 1.44. The zero-order valence-corrected chi connectivity index (χ0v) is 25.2. The molecule has 0 fully saturated rings. The van der Waals surface area contributed by atoms with Crippen LogP contribution in [0.1, 0.15) is 22.8 Å². The second kappa shape index (κ2) is 12.7. The van der Waals surface area contributed by atoms with Gasteiger partial charge >= 0.3 is 6.18 Å². The van der Waals surface area contributed by atoms with Crippen LogP contribution < -0.4 is 14.3 Å². The van der Waals surface area contributed by atoms with Gasteiger partial charge in [0, 0.05) is 28.4 Å². The molecule has 1 amide bonds. The van der Waals surface area contributed by atoms with Crippen LogP contribution in [0.5, 0.6) is 0 Å². The van der Waals surface area contributed by atoms with Gasteiger partial charge in [0.25, 0.3) is 26.0 Å². The van der Waals surface area contributed by atoms with Crippen molar-refractivity contribution in [2.45, 2.75) is 27.8 Å². The van der Waals surface area contributed by atoms with Gasteiger partial charge in [0.15, 0.2) is 0 Å². The molecule has 0 spiro atoms. The highest BCUT2D eigenvalue weighted by molar-refractivity contribution is 7.98. The van der Waals surface area contributed by atoms with Crippen molar-refractivity contribution < 1.29 is 34.8 Å². The van der Waals surface area contributed by atoms with Gasteiger partial charge in [0.2, 0.25) is 0 Å². The van der Waals surface area contributed by atoms with Crippen LogP contribution in [0.4, 0.5) is 30.2 Å². The quantitative estimate of drug-likeness (QED) is 0.185. The Morgan fingerprint density at radius 1 is 0.814 bits per heavy atom. The summed E-state index contributed by atoms with van der Waals surface area (Å²) in [6, 6.07) is 21.4. The molecular formula is C29H26F3N3O5S3. The normalized spacial score (nSPS) is 12.0. The third-order valence-electron chi connectivity index (χ3n) is 6.22. The van der Waals surface area contributed by atoms with Gasteiger partial charge < -0.3 is 5.32 Å². The van der Waals surface area contributed by atoms with Crippen LogP contribution in [0, 0.1) is 0 Å². The van der Waals surface area contributed by atoms with E-state index in [1.807, 2.05) is 6.26 Å². The Labute approximate surface area is 252 Å². The van der Waals surface area contributed by atoms with Crippen molar-refractivity contribution in [3.8, 4) is 0 Å². The van der Waals surface area contributed by atoms with Crippen molar-refractivity contribution in [3.05, 3.63) is 108 Å². The number of carbonyl (C=O) groups is 1. The van der Waals surface area contributed by atoms with Gasteiger partial charge in [-0.25, -0.2) is 16.8 Å². The average Bonchev–Trinajstić information content (AvgIpc) is 2.97. The van der Waals surface area contributed by atoms with E-state index in [4.69, 9.17) is 0 Å². The van der Waals surface area contributed by atoms with Gasteiger partial charge in [-0.2, -0.15) is 13.2 Å². The molecule has 14 heteroatoms. The summed E-state index contributed by atoms with van der Waals surface area (Å²) in [5.74, 6) is -0.525. The number of sulfonamides is 2. The Morgan fingerprint density at radius 2 is 1.42 bits per heavy atom. The lowest BCUT2D eigenvalue weighted by molar-refractivity contribution is -0.137. The zero-order chi connectivity index (χ0) is 31.4. The molecule has 0 aliphatic rings. The molecule has 0 saturated heterocycles. The van der Waals surface area contributed by atoms with Crippen LogP contribution in [-0.2, 0) is 26.2 Å². The molecule has 0 heterocycles. The van der Waals surface area contributed by atoms with Crippen molar-refractivity contribution >= 4 is 54.8 Å². The molecule has 0 aliphatic carbocycles. The maximum atomic E-state index is 13.2. The molecule has 0 saturated carbocycles. The summed E-state index contributed by atoms with van der Waals surface area (Å²) in [6.07, 6.45) is -2.74. The highest BCUT2D eigenvalue weighted by Gasteiger charge is 2.31. The molecule has 0 bridgehead atoms. The lowest BCUT2D eigenvalue weighted by Crippen LogP contribution is -2.30. The Morgan fingerprint density at radius 3 is 1.98 bits per heavy atom. The van der Waals surface area contributed by atoms with E-state index in [9.17, 15) is 34.8 Å². The van der Waals surface area contributed by atoms with Crippen LogP contribution in [0.3, 0.4) is 0 Å². The number of halogens is 3. The average molecular weight is 650 g/mol. The summed E-state index contributed by atoms with van der Waals surface area (Å²) < 4.78 is 94.1. The summed E-state index contributed by atoms with van der Waals surface area (Å²) in [5.41, 5.74) is -0.388. The summed E-state index contributed by atoms with van der Waals surface area (Å²) in [4.78, 5) is 13.7. The van der Waals surface area contributed by atoms with E-state index in [0.717, 1.165) is 17.0 Å². The molecule has 4 aromatic rings. The monoisotopic (exact) mass is 649 g/mol. The van der Waals surface area contributed by atoms with Crippen LogP contribution >= 0.6 is 11.8 Å². The number of amides is 1. The van der Waals surface area contributed by atoms with Gasteiger partial charge in [0.05, 0.1) is 21.0 Å². The van der Waals surface area contributed by atoms with E-state index < -0.39 is 37.7 Å². The first-order chi connectivity index (χ1) is 20.2. The minimum absolute atomic E-state index is 0.143. The molecule has 0 atom stereocenters. The predicted octanol–water partition coefficient (Wildman–Crippen LogP) is 6.70. The van der Waals surface area contributed by atoms with Gasteiger partial charge in [0.1, 0.15) is 0 Å². The Hall–Kier alpha value is -4.01. The number of nitrogens with one attached hydrogen (secondary N) is 2. The Bertz CT molecular complexity index is 1810. The molecule has 8 nitrogen and oxygen atoms in total. The molecule has 2 N–H and O–H groups in total. The highest BCUT2D eigenvalue weighted by atomic mass is 32.2. The smallest absolute Gasteiger partial charge is 0.322 e. The van der Waals surface area contributed by atoms with Crippen LogP contribution in [-0.4, -0.2) is 35.5 Å². The number of benzene rings is 4. The number of nitrogens with zero attached hydrogens (tertiary/aromatic N) is 1. The van der Waals surface area contributed by atoms with Crippen LogP contribution in [0.2, 0.25) is 0 Å². The number of alkyl halides is 3. The fourth-order valence-corrected chi connectivity index (χ4v) is 6.97. The van der Waals surface area contributed by atoms with Crippen molar-refractivity contribution in [2.24, 2.45) is 0 Å². The van der Waals surface area contributed by atoms with Gasteiger partial charge in [-0.05, 0) is 104 Å². The number of carbonyl (C=O) groups excluding carboxylic acids is 1.